The molecule has 0 fully saturated rings. The van der Waals surface area contributed by atoms with Gasteiger partial charge in [-0.05, 0) is 25.5 Å². The SMILES string of the molecule is CCC(C)N(C)S(=O)(=O)c1ccc([N+](=O)[O-])c(NN)c1. The van der Waals surface area contributed by atoms with Crippen LogP contribution in [0.5, 0.6) is 0 Å². The number of sulfonamides is 1. The molecule has 0 aliphatic heterocycles. The first-order valence-corrected chi connectivity index (χ1v) is 7.42. The maximum Gasteiger partial charge on any atom is 0.293 e. The zero-order valence-electron chi connectivity index (χ0n) is 11.5. The molecule has 1 atom stereocenters. The zero-order chi connectivity index (χ0) is 15.5. The summed E-state index contributed by atoms with van der Waals surface area (Å²) in [6, 6.07) is 3.30. The van der Waals surface area contributed by atoms with Crippen molar-refractivity contribution in [1.82, 2.24) is 4.31 Å². The van der Waals surface area contributed by atoms with Gasteiger partial charge >= 0.3 is 0 Å². The lowest BCUT2D eigenvalue weighted by molar-refractivity contribution is -0.384. The summed E-state index contributed by atoms with van der Waals surface area (Å²) < 4.78 is 26.0. The van der Waals surface area contributed by atoms with Crippen molar-refractivity contribution in [2.45, 2.75) is 31.2 Å². The molecule has 0 heterocycles. The molecule has 3 N–H and O–H groups in total. The van der Waals surface area contributed by atoms with Gasteiger partial charge in [0.2, 0.25) is 10.0 Å². The van der Waals surface area contributed by atoms with E-state index in [2.05, 4.69) is 5.43 Å². The Morgan fingerprint density at radius 3 is 2.55 bits per heavy atom. The summed E-state index contributed by atoms with van der Waals surface area (Å²) in [5, 5.41) is 10.8. The highest BCUT2D eigenvalue weighted by Crippen LogP contribution is 2.28. The van der Waals surface area contributed by atoms with Crippen LogP contribution in [0.15, 0.2) is 23.1 Å². The quantitative estimate of drug-likeness (QED) is 0.464. The normalized spacial score (nSPS) is 13.2. The highest BCUT2D eigenvalue weighted by Gasteiger charge is 2.26. The van der Waals surface area contributed by atoms with Crippen LogP contribution in [0.2, 0.25) is 0 Å². The Bertz CT molecular complexity index is 602. The molecule has 0 amide bonds. The molecule has 1 unspecified atom stereocenters. The molecule has 0 saturated carbocycles. The van der Waals surface area contributed by atoms with Gasteiger partial charge in [-0.3, -0.25) is 16.0 Å². The zero-order valence-corrected chi connectivity index (χ0v) is 12.3. The number of benzene rings is 1. The first-order valence-electron chi connectivity index (χ1n) is 5.98. The Morgan fingerprint density at radius 1 is 1.50 bits per heavy atom. The molecule has 1 aromatic carbocycles. The number of hydrogen-bond acceptors (Lipinski definition) is 6. The standard InChI is InChI=1S/C11H18N4O4S/c1-4-8(2)14(3)20(18,19)9-5-6-11(15(16)17)10(7-9)13-12/h5-8,13H,4,12H2,1-3H3. The Hall–Kier alpha value is -1.71. The smallest absolute Gasteiger partial charge is 0.293 e. The number of hydrogen-bond donors (Lipinski definition) is 2. The van der Waals surface area contributed by atoms with E-state index in [4.69, 9.17) is 5.84 Å². The Kier molecular flexibility index (Phi) is 5.03. The summed E-state index contributed by atoms with van der Waals surface area (Å²) in [6.45, 7) is 3.66. The molecule has 9 heteroatoms. The van der Waals surface area contributed by atoms with Crippen LogP contribution in [-0.4, -0.2) is 30.7 Å². The second kappa shape index (κ2) is 6.16. The highest BCUT2D eigenvalue weighted by atomic mass is 32.2. The van der Waals surface area contributed by atoms with Crippen LogP contribution in [0.4, 0.5) is 11.4 Å². The third-order valence-corrected chi connectivity index (χ3v) is 5.18. The van der Waals surface area contributed by atoms with E-state index in [1.165, 1.54) is 17.4 Å². The van der Waals surface area contributed by atoms with Crippen molar-refractivity contribution < 1.29 is 13.3 Å². The molecule has 20 heavy (non-hydrogen) atoms. The highest BCUT2D eigenvalue weighted by molar-refractivity contribution is 7.89. The van der Waals surface area contributed by atoms with Crippen molar-refractivity contribution in [3.05, 3.63) is 28.3 Å². The number of hydrazine groups is 1. The fourth-order valence-electron chi connectivity index (χ4n) is 1.61. The van der Waals surface area contributed by atoms with Gasteiger partial charge in [0.15, 0.2) is 0 Å². The van der Waals surface area contributed by atoms with Crippen LogP contribution >= 0.6 is 0 Å². The minimum absolute atomic E-state index is 0.0427. The first kappa shape index (κ1) is 16.3. The second-order valence-corrected chi connectivity index (χ2v) is 6.36. The Morgan fingerprint density at radius 2 is 2.10 bits per heavy atom. The summed E-state index contributed by atoms with van der Waals surface area (Å²) >= 11 is 0. The summed E-state index contributed by atoms with van der Waals surface area (Å²) in [5.41, 5.74) is 1.82. The minimum atomic E-state index is -3.71. The molecule has 0 aromatic heterocycles. The lowest BCUT2D eigenvalue weighted by atomic mass is 10.3. The number of anilines is 1. The topological polar surface area (TPSA) is 119 Å². The number of nitrogens with two attached hydrogens (primary N) is 1. The summed E-state index contributed by atoms with van der Waals surface area (Å²) in [4.78, 5) is 10.1. The third-order valence-electron chi connectivity index (χ3n) is 3.21. The van der Waals surface area contributed by atoms with Gasteiger partial charge in [0, 0.05) is 19.2 Å². The second-order valence-electron chi connectivity index (χ2n) is 4.36. The van der Waals surface area contributed by atoms with E-state index < -0.39 is 14.9 Å². The van der Waals surface area contributed by atoms with Crippen molar-refractivity contribution in [3.63, 3.8) is 0 Å². The van der Waals surface area contributed by atoms with Gasteiger partial charge in [-0.1, -0.05) is 6.92 Å². The van der Waals surface area contributed by atoms with Gasteiger partial charge in [0.05, 0.1) is 9.82 Å². The van der Waals surface area contributed by atoms with E-state index in [1.54, 1.807) is 6.92 Å². The predicted molar refractivity (Wildman–Crippen MR) is 75.6 cm³/mol. The summed E-state index contributed by atoms with van der Waals surface area (Å²) in [5.74, 6) is 5.20. The number of nitrogen functional groups attached to an aromatic ring is 1. The van der Waals surface area contributed by atoms with Crippen molar-refractivity contribution in [3.8, 4) is 0 Å². The summed E-state index contributed by atoms with van der Waals surface area (Å²) in [6.07, 6.45) is 0.657. The number of nitrogens with one attached hydrogen (secondary N) is 1. The average Bonchev–Trinajstić information content (AvgIpc) is 2.44. The number of rotatable bonds is 6. The van der Waals surface area contributed by atoms with E-state index in [9.17, 15) is 18.5 Å². The minimum Gasteiger partial charge on any atom is -0.318 e. The van der Waals surface area contributed by atoms with Crippen LogP contribution < -0.4 is 11.3 Å². The molecule has 0 aliphatic rings. The van der Waals surface area contributed by atoms with Gasteiger partial charge in [0.25, 0.3) is 5.69 Å². The van der Waals surface area contributed by atoms with Crippen LogP contribution in [0.25, 0.3) is 0 Å². The van der Waals surface area contributed by atoms with E-state index in [0.717, 1.165) is 12.1 Å². The molecular weight excluding hydrogens is 284 g/mol. The molecule has 1 aromatic rings. The van der Waals surface area contributed by atoms with Gasteiger partial charge in [0.1, 0.15) is 5.69 Å². The van der Waals surface area contributed by atoms with Crippen molar-refractivity contribution in [2.24, 2.45) is 5.84 Å². The van der Waals surface area contributed by atoms with Crippen LogP contribution in [0, 0.1) is 10.1 Å². The molecule has 1 rings (SSSR count). The average molecular weight is 302 g/mol. The first-order chi connectivity index (χ1) is 9.25. The molecular formula is C11H18N4O4S. The molecule has 0 radical (unpaired) electrons. The number of nitro benzene ring substituents is 1. The fraction of sp³-hybridized carbons (Fsp3) is 0.455. The maximum absolute atomic E-state index is 12.4. The van der Waals surface area contributed by atoms with Crippen LogP contribution in [-0.2, 0) is 10.0 Å². The van der Waals surface area contributed by atoms with Gasteiger partial charge < -0.3 is 5.43 Å². The van der Waals surface area contributed by atoms with E-state index >= 15 is 0 Å². The lowest BCUT2D eigenvalue weighted by Gasteiger charge is -2.23. The third kappa shape index (κ3) is 3.06. The van der Waals surface area contributed by atoms with Gasteiger partial charge in [-0.15, -0.1) is 0 Å². The van der Waals surface area contributed by atoms with E-state index in [0.29, 0.717) is 6.42 Å². The number of nitrogens with zero attached hydrogens (tertiary/aromatic N) is 2. The van der Waals surface area contributed by atoms with E-state index in [1.807, 2.05) is 6.92 Å². The molecule has 0 saturated heterocycles. The maximum atomic E-state index is 12.4. The molecule has 112 valence electrons. The predicted octanol–water partition coefficient (Wildman–Crippen LogP) is 1.30. The van der Waals surface area contributed by atoms with Gasteiger partial charge in [-0.2, -0.15) is 4.31 Å². The fourth-order valence-corrected chi connectivity index (χ4v) is 3.07. The number of nitro groups is 1. The molecule has 0 aliphatic carbocycles. The van der Waals surface area contributed by atoms with Crippen molar-refractivity contribution >= 4 is 21.4 Å². The molecule has 8 nitrogen and oxygen atoms in total. The van der Waals surface area contributed by atoms with Crippen LogP contribution in [0.3, 0.4) is 0 Å². The largest absolute Gasteiger partial charge is 0.318 e. The van der Waals surface area contributed by atoms with Gasteiger partial charge in [-0.25, -0.2) is 8.42 Å². The van der Waals surface area contributed by atoms with Crippen molar-refractivity contribution in [1.29, 1.82) is 0 Å². The van der Waals surface area contributed by atoms with Crippen LogP contribution in [0.1, 0.15) is 20.3 Å². The molecule has 0 bridgehead atoms. The summed E-state index contributed by atoms with van der Waals surface area (Å²) in [7, 11) is -2.24. The van der Waals surface area contributed by atoms with Crippen molar-refractivity contribution in [2.75, 3.05) is 12.5 Å². The monoisotopic (exact) mass is 302 g/mol. The Balaban J connectivity index is 3.30. The Labute approximate surface area is 117 Å². The van der Waals surface area contributed by atoms with E-state index in [-0.39, 0.29) is 22.3 Å². The lowest BCUT2D eigenvalue weighted by Crippen LogP contribution is -2.34. The molecule has 0 spiro atoms.